The van der Waals surface area contributed by atoms with Crippen molar-refractivity contribution in [2.45, 2.75) is 66.0 Å². The second kappa shape index (κ2) is 17.7. The molecule has 0 amide bonds. The third-order valence-electron chi connectivity index (χ3n) is 9.60. The molecule has 0 spiro atoms. The highest BCUT2D eigenvalue weighted by Crippen LogP contribution is 2.37. The number of aryl methyl sites for hydroxylation is 1. The zero-order valence-corrected chi connectivity index (χ0v) is 31.6. The summed E-state index contributed by atoms with van der Waals surface area (Å²) in [6, 6.07) is 22.1. The number of aromatic amines is 1. The molecule has 3 heterocycles. The Labute approximate surface area is 316 Å². The van der Waals surface area contributed by atoms with E-state index in [4.69, 9.17) is 25.8 Å². The van der Waals surface area contributed by atoms with Gasteiger partial charge in [0.05, 0.1) is 29.0 Å². The van der Waals surface area contributed by atoms with Crippen LogP contribution >= 0.6 is 11.6 Å². The molecule has 2 aromatic heterocycles. The summed E-state index contributed by atoms with van der Waals surface area (Å²) in [5.41, 5.74) is 9.60. The number of rotatable bonds is 16. The molecule has 11 heteroatoms. The molecule has 53 heavy (non-hydrogen) atoms. The molecule has 1 aliphatic heterocycles. The van der Waals surface area contributed by atoms with Crippen molar-refractivity contribution in [1.29, 1.82) is 5.26 Å². The normalized spacial score (nSPS) is 14.4. The van der Waals surface area contributed by atoms with Crippen molar-refractivity contribution in [3.63, 3.8) is 0 Å². The Kier molecular flexibility index (Phi) is 12.7. The number of pyridine rings is 1. The number of β-amino-alcohol motifs (C(OH)–C–C–N with tert-alkyl or cyclic N) is 1. The smallest absolute Gasteiger partial charge is 0.142 e. The topological polar surface area (TPSA) is 120 Å². The van der Waals surface area contributed by atoms with E-state index in [1.807, 2.05) is 44.3 Å². The third-order valence-corrected chi connectivity index (χ3v) is 9.90. The van der Waals surface area contributed by atoms with E-state index in [-0.39, 0.29) is 12.7 Å². The van der Waals surface area contributed by atoms with Crippen LogP contribution in [0.15, 0.2) is 73.1 Å². The summed E-state index contributed by atoms with van der Waals surface area (Å²) in [6.07, 6.45) is 4.79. The minimum Gasteiger partial charge on any atom is -0.493 e. The summed E-state index contributed by atoms with van der Waals surface area (Å²) in [7, 11) is 2.03. The first kappa shape index (κ1) is 37.8. The molecule has 2 N–H and O–H groups in total. The Morgan fingerprint density at radius 3 is 2.47 bits per heavy atom. The minimum atomic E-state index is -0.202. The highest BCUT2D eigenvalue weighted by atomic mass is 35.5. The van der Waals surface area contributed by atoms with Gasteiger partial charge in [0.1, 0.15) is 36.5 Å². The molecule has 0 bridgehead atoms. The predicted molar refractivity (Wildman–Crippen MR) is 206 cm³/mol. The van der Waals surface area contributed by atoms with Crippen LogP contribution in [0, 0.1) is 32.1 Å². The van der Waals surface area contributed by atoms with E-state index in [9.17, 15) is 10.4 Å². The predicted octanol–water partition coefficient (Wildman–Crippen LogP) is 7.55. The van der Waals surface area contributed by atoms with Crippen molar-refractivity contribution in [3.8, 4) is 34.4 Å². The molecular formula is C42H47ClN6O4. The molecule has 1 fully saturated rings. The number of nitrogens with one attached hydrogen (secondary N) is 1. The quantitative estimate of drug-likeness (QED) is 0.0991. The maximum absolute atomic E-state index is 9.81. The SMILES string of the molecule is Cc1cc(CN(C)Cc2cc(Cl)c(OCc3cccc(-c4cccc(OCCCN5CCC(O)C5)c4C)c3C)cc2OCc2cncc(C#N)c2)[nH]n1. The first-order valence-corrected chi connectivity index (χ1v) is 18.4. The number of aromatic nitrogens is 3. The number of H-pyrrole nitrogens is 1. The van der Waals surface area contributed by atoms with Gasteiger partial charge < -0.3 is 24.2 Å². The van der Waals surface area contributed by atoms with Crippen molar-refractivity contribution in [2.24, 2.45) is 0 Å². The number of halogens is 1. The maximum atomic E-state index is 9.81. The number of ether oxygens (including phenoxy) is 3. The second-order valence-electron chi connectivity index (χ2n) is 13.8. The molecule has 0 aliphatic carbocycles. The lowest BCUT2D eigenvalue weighted by Gasteiger charge is -2.21. The molecular weight excluding hydrogens is 688 g/mol. The number of nitrogens with zero attached hydrogens (tertiary/aromatic N) is 5. The van der Waals surface area contributed by atoms with Gasteiger partial charge in [-0.1, -0.05) is 41.9 Å². The Morgan fingerprint density at radius 2 is 1.72 bits per heavy atom. The van der Waals surface area contributed by atoms with Gasteiger partial charge in [-0.15, -0.1) is 0 Å². The number of aliphatic hydroxyl groups is 1. The van der Waals surface area contributed by atoms with Crippen molar-refractivity contribution >= 4 is 11.6 Å². The largest absolute Gasteiger partial charge is 0.493 e. The van der Waals surface area contributed by atoms with Crippen molar-refractivity contribution in [2.75, 3.05) is 33.3 Å². The summed E-state index contributed by atoms with van der Waals surface area (Å²) in [5.74, 6) is 2.03. The molecule has 1 atom stereocenters. The zero-order chi connectivity index (χ0) is 37.3. The summed E-state index contributed by atoms with van der Waals surface area (Å²) in [4.78, 5) is 8.63. The first-order chi connectivity index (χ1) is 25.7. The van der Waals surface area contributed by atoms with Crippen LogP contribution in [0.1, 0.15) is 57.6 Å². The van der Waals surface area contributed by atoms with E-state index >= 15 is 0 Å². The molecule has 10 nitrogen and oxygen atoms in total. The molecule has 1 unspecified atom stereocenters. The van der Waals surface area contributed by atoms with E-state index in [1.54, 1.807) is 12.3 Å². The lowest BCUT2D eigenvalue weighted by molar-refractivity contribution is 0.173. The van der Waals surface area contributed by atoms with Gasteiger partial charge in [-0.2, -0.15) is 10.4 Å². The van der Waals surface area contributed by atoms with Crippen molar-refractivity contribution in [1.82, 2.24) is 25.0 Å². The van der Waals surface area contributed by atoms with Crippen LogP contribution < -0.4 is 14.2 Å². The van der Waals surface area contributed by atoms with Crippen LogP contribution in [-0.2, 0) is 26.3 Å². The fourth-order valence-corrected chi connectivity index (χ4v) is 7.00. The highest BCUT2D eigenvalue weighted by Gasteiger charge is 2.20. The molecule has 6 rings (SSSR count). The Bertz CT molecular complexity index is 2060. The average Bonchev–Trinajstić information content (AvgIpc) is 3.76. The van der Waals surface area contributed by atoms with Crippen LogP contribution in [0.25, 0.3) is 11.1 Å². The minimum absolute atomic E-state index is 0.202. The van der Waals surface area contributed by atoms with Gasteiger partial charge in [0.15, 0.2) is 0 Å². The molecule has 5 aromatic rings. The fourth-order valence-electron chi connectivity index (χ4n) is 6.76. The van der Waals surface area contributed by atoms with E-state index in [1.165, 1.54) is 6.20 Å². The van der Waals surface area contributed by atoms with Crippen LogP contribution in [0.5, 0.6) is 17.2 Å². The number of hydrogen-bond donors (Lipinski definition) is 2. The van der Waals surface area contributed by atoms with E-state index in [0.717, 1.165) is 88.6 Å². The van der Waals surface area contributed by atoms with Gasteiger partial charge in [-0.05, 0) is 92.7 Å². The van der Waals surface area contributed by atoms with Gasteiger partial charge in [0.2, 0.25) is 0 Å². The number of likely N-dealkylation sites (tertiary alicyclic amines) is 1. The van der Waals surface area contributed by atoms with Gasteiger partial charge in [-0.3, -0.25) is 15.0 Å². The van der Waals surface area contributed by atoms with E-state index in [0.29, 0.717) is 48.4 Å². The molecule has 1 aliphatic rings. The molecule has 3 aromatic carbocycles. The van der Waals surface area contributed by atoms with Crippen LogP contribution in [-0.4, -0.2) is 69.5 Å². The maximum Gasteiger partial charge on any atom is 0.142 e. The first-order valence-electron chi connectivity index (χ1n) is 18.0. The number of nitriles is 1. The van der Waals surface area contributed by atoms with Gasteiger partial charge in [0.25, 0.3) is 0 Å². The molecule has 1 saturated heterocycles. The number of hydrogen-bond acceptors (Lipinski definition) is 9. The summed E-state index contributed by atoms with van der Waals surface area (Å²) in [6.45, 7) is 11.2. The monoisotopic (exact) mass is 734 g/mol. The van der Waals surface area contributed by atoms with Crippen molar-refractivity contribution < 1.29 is 19.3 Å². The standard InChI is InChI=1S/C42H47ClN6O4/c1-28-16-35(47-46-28)24-48(4)23-34-18-39(43)42(19-41(34)52-26-32-17-31(20-44)21-45-22-32)53-27-33-8-5-9-37(29(33)2)38-10-6-11-40(30(38)3)51-15-7-13-49-14-12-36(50)25-49/h5-6,8-11,16-19,21-22,36,50H,7,12-15,23-27H2,1-4H3,(H,46,47). The second-order valence-corrected chi connectivity index (χ2v) is 14.2. The number of benzene rings is 3. The highest BCUT2D eigenvalue weighted by molar-refractivity contribution is 6.32. The number of aliphatic hydroxyl groups excluding tert-OH is 1. The van der Waals surface area contributed by atoms with E-state index in [2.05, 4.69) is 69.2 Å². The van der Waals surface area contributed by atoms with Crippen LogP contribution in [0.4, 0.5) is 0 Å². The van der Waals surface area contributed by atoms with Gasteiger partial charge >= 0.3 is 0 Å². The zero-order valence-electron chi connectivity index (χ0n) is 30.9. The van der Waals surface area contributed by atoms with Crippen LogP contribution in [0.2, 0.25) is 5.02 Å². The Balaban J connectivity index is 1.17. The fraction of sp³-hybridized carbons (Fsp3) is 0.357. The summed E-state index contributed by atoms with van der Waals surface area (Å²) in [5, 5.41) is 27.0. The van der Waals surface area contributed by atoms with Crippen molar-refractivity contribution in [3.05, 3.63) is 123 Å². The van der Waals surface area contributed by atoms with Gasteiger partial charge in [-0.25, -0.2) is 0 Å². The Hall–Kier alpha value is -4.92. The molecule has 276 valence electrons. The Morgan fingerprint density at radius 1 is 0.925 bits per heavy atom. The lowest BCUT2D eigenvalue weighted by atomic mass is 9.93. The lowest BCUT2D eigenvalue weighted by Crippen LogP contribution is -2.24. The van der Waals surface area contributed by atoms with Crippen LogP contribution in [0.3, 0.4) is 0 Å². The summed E-state index contributed by atoms with van der Waals surface area (Å²) >= 11 is 6.88. The molecule has 0 radical (unpaired) electrons. The molecule has 0 saturated carbocycles. The van der Waals surface area contributed by atoms with Gasteiger partial charge in [0, 0.05) is 68.0 Å². The summed E-state index contributed by atoms with van der Waals surface area (Å²) < 4.78 is 19.0. The average molecular weight is 735 g/mol. The third kappa shape index (κ3) is 9.95. The van der Waals surface area contributed by atoms with E-state index < -0.39 is 0 Å².